The summed E-state index contributed by atoms with van der Waals surface area (Å²) in [5.41, 5.74) is 1.91. The fourth-order valence-electron chi connectivity index (χ4n) is 4.03. The highest BCUT2D eigenvalue weighted by atomic mass is 16.5. The van der Waals surface area contributed by atoms with E-state index < -0.39 is 17.9 Å². The molecule has 1 unspecified atom stereocenters. The van der Waals surface area contributed by atoms with Crippen molar-refractivity contribution in [3.8, 4) is 5.75 Å². The largest absolute Gasteiger partial charge is 0.484 e. The first-order valence-corrected chi connectivity index (χ1v) is 11.4. The first-order valence-electron chi connectivity index (χ1n) is 11.4. The van der Waals surface area contributed by atoms with Crippen LogP contribution >= 0.6 is 0 Å². The molecule has 0 fully saturated rings. The van der Waals surface area contributed by atoms with Gasteiger partial charge in [0.2, 0.25) is 5.91 Å². The van der Waals surface area contributed by atoms with Gasteiger partial charge < -0.3 is 24.9 Å². The van der Waals surface area contributed by atoms with Gasteiger partial charge in [0.25, 0.3) is 5.91 Å². The number of benzene rings is 1. The van der Waals surface area contributed by atoms with Crippen LogP contribution in [0.4, 0.5) is 0 Å². The van der Waals surface area contributed by atoms with Crippen molar-refractivity contribution >= 4 is 28.8 Å². The van der Waals surface area contributed by atoms with Gasteiger partial charge in [-0.3, -0.25) is 14.4 Å². The van der Waals surface area contributed by atoms with Gasteiger partial charge in [-0.25, -0.2) is 4.79 Å². The predicted octanol–water partition coefficient (Wildman–Crippen LogP) is 2.32. The number of aliphatic carboxylic acids is 1. The lowest BCUT2D eigenvalue weighted by atomic mass is 9.91. The summed E-state index contributed by atoms with van der Waals surface area (Å²) < 4.78 is 11.0. The number of hydrogen-bond donors (Lipinski definition) is 3. The molecule has 0 saturated heterocycles. The molecule has 2 aromatic rings. The van der Waals surface area contributed by atoms with Crippen LogP contribution in [0.15, 0.2) is 27.4 Å². The van der Waals surface area contributed by atoms with Crippen LogP contribution in [-0.2, 0) is 27.2 Å². The average Bonchev–Trinajstić information content (AvgIpc) is 2.80. The van der Waals surface area contributed by atoms with Crippen molar-refractivity contribution in [2.24, 2.45) is 0 Å². The van der Waals surface area contributed by atoms with E-state index in [1.165, 1.54) is 0 Å². The van der Waals surface area contributed by atoms with Crippen molar-refractivity contribution < 1.29 is 28.6 Å². The highest BCUT2D eigenvalue weighted by Gasteiger charge is 2.21. The van der Waals surface area contributed by atoms with E-state index in [-0.39, 0.29) is 31.1 Å². The molecule has 1 aliphatic rings. The summed E-state index contributed by atoms with van der Waals surface area (Å²) in [6, 6.07) is 4.47. The quantitative estimate of drug-likeness (QED) is 0.347. The van der Waals surface area contributed by atoms with E-state index >= 15 is 0 Å². The minimum absolute atomic E-state index is 0.0341. The van der Waals surface area contributed by atoms with Gasteiger partial charge in [0.1, 0.15) is 17.4 Å². The summed E-state index contributed by atoms with van der Waals surface area (Å²) in [6.45, 7) is 1.83. The minimum atomic E-state index is -0.923. The van der Waals surface area contributed by atoms with E-state index in [2.05, 4.69) is 10.6 Å². The van der Waals surface area contributed by atoms with Gasteiger partial charge in [-0.2, -0.15) is 0 Å². The summed E-state index contributed by atoms with van der Waals surface area (Å²) in [5, 5.41) is 14.9. The van der Waals surface area contributed by atoms with Crippen LogP contribution in [0.1, 0.15) is 56.6 Å². The predicted molar refractivity (Wildman–Crippen MR) is 121 cm³/mol. The van der Waals surface area contributed by atoms with Crippen molar-refractivity contribution in [1.29, 1.82) is 0 Å². The van der Waals surface area contributed by atoms with Gasteiger partial charge in [0, 0.05) is 30.0 Å². The second-order valence-corrected chi connectivity index (χ2v) is 8.20. The van der Waals surface area contributed by atoms with Crippen LogP contribution in [-0.4, -0.2) is 42.1 Å². The zero-order valence-corrected chi connectivity index (χ0v) is 18.8. The molecule has 0 saturated carbocycles. The van der Waals surface area contributed by atoms with Crippen LogP contribution in [0.25, 0.3) is 11.0 Å². The number of carboxylic acid groups (broad SMARTS) is 1. The zero-order chi connectivity index (χ0) is 23.8. The van der Waals surface area contributed by atoms with Crippen LogP contribution in [0.3, 0.4) is 0 Å². The number of rotatable bonds is 11. The number of carbonyl (C=O) groups excluding carboxylic acids is 2. The number of ether oxygens (including phenoxy) is 1. The lowest BCUT2D eigenvalue weighted by molar-refractivity contribution is -0.137. The molecule has 3 N–H and O–H groups in total. The van der Waals surface area contributed by atoms with Crippen LogP contribution in [0.2, 0.25) is 0 Å². The fourth-order valence-corrected chi connectivity index (χ4v) is 4.03. The first-order chi connectivity index (χ1) is 15.9. The monoisotopic (exact) mass is 458 g/mol. The van der Waals surface area contributed by atoms with Crippen LogP contribution in [0, 0.1) is 0 Å². The SMILES string of the molecule is CCCC(NC(=O)COc1ccc2c3c(c(=O)oc2c1)CCCC3)C(=O)NCCCC(=O)O. The third kappa shape index (κ3) is 6.57. The molecule has 9 heteroatoms. The number of carboxylic acids is 1. The molecule has 178 valence electrons. The first kappa shape index (κ1) is 24.3. The summed E-state index contributed by atoms with van der Waals surface area (Å²) >= 11 is 0. The number of hydrogen-bond acceptors (Lipinski definition) is 6. The van der Waals surface area contributed by atoms with Crippen molar-refractivity contribution in [1.82, 2.24) is 10.6 Å². The molecular weight excluding hydrogens is 428 g/mol. The minimum Gasteiger partial charge on any atom is -0.484 e. The van der Waals surface area contributed by atoms with E-state index in [0.29, 0.717) is 30.6 Å². The van der Waals surface area contributed by atoms with Gasteiger partial charge in [-0.05, 0) is 56.2 Å². The van der Waals surface area contributed by atoms with Crippen molar-refractivity contribution in [3.05, 3.63) is 39.7 Å². The molecule has 3 rings (SSSR count). The van der Waals surface area contributed by atoms with E-state index in [1.54, 1.807) is 12.1 Å². The highest BCUT2D eigenvalue weighted by molar-refractivity contribution is 5.88. The Balaban J connectivity index is 1.58. The van der Waals surface area contributed by atoms with Crippen molar-refractivity contribution in [3.63, 3.8) is 0 Å². The molecule has 1 heterocycles. The Bertz CT molecular complexity index is 1080. The van der Waals surface area contributed by atoms with Crippen LogP contribution in [0.5, 0.6) is 5.75 Å². The van der Waals surface area contributed by atoms with Gasteiger partial charge >= 0.3 is 11.6 Å². The highest BCUT2D eigenvalue weighted by Crippen LogP contribution is 2.29. The zero-order valence-electron chi connectivity index (χ0n) is 18.8. The van der Waals surface area contributed by atoms with E-state index in [1.807, 2.05) is 13.0 Å². The molecule has 0 aliphatic heterocycles. The third-order valence-corrected chi connectivity index (χ3v) is 5.66. The molecular formula is C24H30N2O7. The van der Waals surface area contributed by atoms with Gasteiger partial charge in [0.05, 0.1) is 0 Å². The number of carbonyl (C=O) groups is 3. The molecule has 33 heavy (non-hydrogen) atoms. The summed E-state index contributed by atoms with van der Waals surface area (Å²) in [6.07, 6.45) is 5.02. The Kier molecular flexibility index (Phi) is 8.46. The van der Waals surface area contributed by atoms with E-state index in [4.69, 9.17) is 14.3 Å². The molecule has 9 nitrogen and oxygen atoms in total. The topological polar surface area (TPSA) is 135 Å². The molecule has 0 radical (unpaired) electrons. The Morgan fingerprint density at radius 3 is 2.67 bits per heavy atom. The normalized spacial score (nSPS) is 13.7. The fraction of sp³-hybridized carbons (Fsp3) is 0.500. The molecule has 0 spiro atoms. The Morgan fingerprint density at radius 2 is 1.94 bits per heavy atom. The molecule has 1 aromatic heterocycles. The molecule has 1 atom stereocenters. The third-order valence-electron chi connectivity index (χ3n) is 5.66. The van der Waals surface area contributed by atoms with Crippen LogP contribution < -0.4 is 21.0 Å². The van der Waals surface area contributed by atoms with Crippen molar-refractivity contribution in [2.45, 2.75) is 64.3 Å². The van der Waals surface area contributed by atoms with Crippen molar-refractivity contribution in [2.75, 3.05) is 13.2 Å². The van der Waals surface area contributed by atoms with Gasteiger partial charge in [-0.15, -0.1) is 0 Å². The Hall–Kier alpha value is -3.36. The second kappa shape index (κ2) is 11.5. The maximum absolute atomic E-state index is 12.4. The number of nitrogens with one attached hydrogen (secondary N) is 2. The Morgan fingerprint density at radius 1 is 1.18 bits per heavy atom. The molecule has 2 amide bonds. The number of amides is 2. The average molecular weight is 459 g/mol. The summed E-state index contributed by atoms with van der Waals surface area (Å²) in [4.78, 5) is 47.5. The maximum Gasteiger partial charge on any atom is 0.339 e. The second-order valence-electron chi connectivity index (χ2n) is 8.20. The van der Waals surface area contributed by atoms with E-state index in [9.17, 15) is 19.2 Å². The summed E-state index contributed by atoms with van der Waals surface area (Å²) in [7, 11) is 0. The smallest absolute Gasteiger partial charge is 0.339 e. The molecule has 1 aliphatic carbocycles. The lowest BCUT2D eigenvalue weighted by Crippen LogP contribution is -2.48. The maximum atomic E-state index is 12.4. The standard InChI is InChI=1S/C24H30N2O7/c1-2-6-19(23(30)25-12-5-9-22(28)29)26-21(27)14-32-15-10-11-17-16-7-3-4-8-18(16)24(31)33-20(17)13-15/h10-11,13,19H,2-9,12,14H2,1H3,(H,25,30)(H,26,27)(H,28,29). The van der Waals surface area contributed by atoms with Gasteiger partial charge in [0.15, 0.2) is 6.61 Å². The summed E-state index contributed by atoms with van der Waals surface area (Å²) in [5.74, 6) is -1.34. The molecule has 1 aromatic carbocycles. The Labute approximate surface area is 191 Å². The number of fused-ring (bicyclic) bond motifs is 3. The van der Waals surface area contributed by atoms with Gasteiger partial charge in [-0.1, -0.05) is 13.3 Å². The molecule has 0 bridgehead atoms. The number of aryl methyl sites for hydroxylation is 1. The lowest BCUT2D eigenvalue weighted by Gasteiger charge is -2.18. The van der Waals surface area contributed by atoms with E-state index in [0.717, 1.165) is 42.2 Å².